The molecule has 1 saturated heterocycles. The van der Waals surface area contributed by atoms with E-state index in [-0.39, 0.29) is 23.5 Å². The van der Waals surface area contributed by atoms with Gasteiger partial charge in [0.05, 0.1) is 5.56 Å². The van der Waals surface area contributed by atoms with Gasteiger partial charge >= 0.3 is 5.97 Å². The first-order chi connectivity index (χ1) is 14.7. The molecule has 0 unspecified atom stereocenters. The number of amides is 1. The van der Waals surface area contributed by atoms with Crippen molar-refractivity contribution >= 4 is 23.3 Å². The van der Waals surface area contributed by atoms with Crippen molar-refractivity contribution in [2.45, 2.75) is 45.4 Å². The van der Waals surface area contributed by atoms with Gasteiger partial charge in [0.2, 0.25) is 5.91 Å². The van der Waals surface area contributed by atoms with E-state index in [0.717, 1.165) is 24.1 Å². The fourth-order valence-corrected chi connectivity index (χ4v) is 3.63. The summed E-state index contributed by atoms with van der Waals surface area (Å²) in [4.78, 5) is 25.3. The zero-order valence-corrected chi connectivity index (χ0v) is 18.1. The second-order valence-electron chi connectivity index (χ2n) is 8.65. The Hall–Kier alpha value is -3.35. The van der Waals surface area contributed by atoms with E-state index in [1.807, 2.05) is 23.1 Å². The van der Waals surface area contributed by atoms with Crippen molar-refractivity contribution in [2.24, 2.45) is 5.16 Å². The summed E-state index contributed by atoms with van der Waals surface area (Å²) in [7, 11) is 0. The van der Waals surface area contributed by atoms with E-state index in [9.17, 15) is 14.8 Å². The topological polar surface area (TPSA) is 99.4 Å². The number of carboxylic acids is 1. The number of oxime groups is 1. The molecule has 31 heavy (non-hydrogen) atoms. The molecule has 3 rings (SSSR count). The third-order valence-corrected chi connectivity index (χ3v) is 5.35. The van der Waals surface area contributed by atoms with Crippen LogP contribution in [0.25, 0.3) is 0 Å². The van der Waals surface area contributed by atoms with E-state index in [1.54, 1.807) is 12.1 Å². The van der Waals surface area contributed by atoms with Gasteiger partial charge in [0, 0.05) is 24.2 Å². The second kappa shape index (κ2) is 9.20. The van der Waals surface area contributed by atoms with Crippen LogP contribution in [-0.4, -0.2) is 41.1 Å². The fourth-order valence-electron chi connectivity index (χ4n) is 3.63. The van der Waals surface area contributed by atoms with Crippen molar-refractivity contribution in [1.82, 2.24) is 0 Å². The number of anilines is 1. The minimum Gasteiger partial charge on any atom is -0.487 e. The average molecular weight is 424 g/mol. The summed E-state index contributed by atoms with van der Waals surface area (Å²) in [5, 5.41) is 22.0. The summed E-state index contributed by atoms with van der Waals surface area (Å²) in [5.41, 5.74) is 2.86. The maximum atomic E-state index is 12.5. The summed E-state index contributed by atoms with van der Waals surface area (Å²) < 4.78 is 5.69. The van der Waals surface area contributed by atoms with Gasteiger partial charge in [-0.3, -0.25) is 4.79 Å². The van der Waals surface area contributed by atoms with Crippen LogP contribution < -0.4 is 9.64 Å². The molecule has 1 aliphatic heterocycles. The lowest BCUT2D eigenvalue weighted by Gasteiger charge is -2.33. The number of rotatable bonds is 6. The number of piperidine rings is 1. The normalized spacial score (nSPS) is 15.1. The van der Waals surface area contributed by atoms with Crippen LogP contribution in [-0.2, 0) is 10.2 Å². The van der Waals surface area contributed by atoms with Crippen LogP contribution >= 0.6 is 0 Å². The molecule has 0 bridgehead atoms. The smallest absolute Gasteiger partial charge is 0.335 e. The number of hydrogen-bond donors (Lipinski definition) is 2. The predicted octanol–water partition coefficient (Wildman–Crippen LogP) is 4.46. The molecule has 7 heteroatoms. The highest BCUT2D eigenvalue weighted by Gasteiger charge is 2.27. The van der Waals surface area contributed by atoms with E-state index in [1.165, 1.54) is 12.1 Å². The number of benzene rings is 2. The Morgan fingerprint density at radius 2 is 1.77 bits per heavy atom. The van der Waals surface area contributed by atoms with Crippen molar-refractivity contribution < 1.29 is 24.6 Å². The van der Waals surface area contributed by atoms with Gasteiger partial charge in [0.25, 0.3) is 0 Å². The number of aromatic carboxylic acids is 1. The van der Waals surface area contributed by atoms with Crippen LogP contribution in [0.2, 0.25) is 0 Å². The highest BCUT2D eigenvalue weighted by molar-refractivity contribution is 6.03. The molecule has 2 aromatic rings. The Balaban J connectivity index is 1.84. The van der Waals surface area contributed by atoms with Crippen LogP contribution in [0.5, 0.6) is 5.75 Å². The van der Waals surface area contributed by atoms with Crippen LogP contribution in [0.3, 0.4) is 0 Å². The maximum absolute atomic E-state index is 12.5. The molecular weight excluding hydrogens is 396 g/mol. The molecule has 7 nitrogen and oxygen atoms in total. The molecule has 2 aromatic carbocycles. The average Bonchev–Trinajstić information content (AvgIpc) is 2.74. The first-order valence-corrected chi connectivity index (χ1v) is 10.3. The van der Waals surface area contributed by atoms with Crippen LogP contribution in [0.15, 0.2) is 47.6 Å². The highest BCUT2D eigenvalue weighted by Crippen LogP contribution is 2.35. The van der Waals surface area contributed by atoms with E-state index in [0.29, 0.717) is 30.0 Å². The molecule has 1 amide bonds. The molecule has 0 saturated carbocycles. The molecule has 1 aliphatic rings. The lowest BCUT2D eigenvalue weighted by Crippen LogP contribution is -2.37. The first kappa shape index (κ1) is 22.3. The third-order valence-electron chi connectivity index (χ3n) is 5.35. The number of hydrogen-bond acceptors (Lipinski definition) is 5. The molecule has 2 N–H and O–H groups in total. The SMILES string of the molecule is CC(C)(C)c1cc(/C(COc2ccc(C(=O)O)cc2)=N\O)ccc1N1CCCCC1=O. The van der Waals surface area contributed by atoms with Gasteiger partial charge in [-0.25, -0.2) is 4.79 Å². The molecule has 0 atom stereocenters. The van der Waals surface area contributed by atoms with E-state index < -0.39 is 5.97 Å². The van der Waals surface area contributed by atoms with Crippen molar-refractivity contribution in [3.8, 4) is 5.75 Å². The molecular formula is C24H28N2O5. The summed E-state index contributed by atoms with van der Waals surface area (Å²) in [6.45, 7) is 6.97. The van der Waals surface area contributed by atoms with Crippen molar-refractivity contribution in [3.05, 3.63) is 59.2 Å². The van der Waals surface area contributed by atoms with Gasteiger partial charge in [0.15, 0.2) is 0 Å². The number of carboxylic acid groups (broad SMARTS) is 1. The third kappa shape index (κ3) is 5.23. The second-order valence-corrected chi connectivity index (χ2v) is 8.65. The van der Waals surface area contributed by atoms with Crippen LogP contribution in [0.1, 0.15) is 61.5 Å². The highest BCUT2D eigenvalue weighted by atomic mass is 16.5. The molecule has 164 valence electrons. The van der Waals surface area contributed by atoms with Crippen LogP contribution in [0.4, 0.5) is 5.69 Å². The van der Waals surface area contributed by atoms with E-state index >= 15 is 0 Å². The minimum absolute atomic E-state index is 0.00843. The number of nitrogens with zero attached hydrogens (tertiary/aromatic N) is 2. The van der Waals surface area contributed by atoms with Gasteiger partial charge in [0.1, 0.15) is 18.1 Å². The van der Waals surface area contributed by atoms with Gasteiger partial charge in [-0.1, -0.05) is 32.0 Å². The molecule has 0 aliphatic carbocycles. The van der Waals surface area contributed by atoms with Crippen molar-refractivity contribution in [2.75, 3.05) is 18.1 Å². The molecule has 1 fully saturated rings. The standard InChI is InChI=1S/C24H28N2O5/c1-24(2,3)19-14-17(9-12-21(19)26-13-5-4-6-22(26)27)20(25-30)15-31-18-10-7-16(8-11-18)23(28)29/h7-12,14,30H,4-6,13,15H2,1-3H3,(H,28,29)/b25-20-. The Bertz CT molecular complexity index is 990. The van der Waals surface area contributed by atoms with Gasteiger partial charge in [-0.2, -0.15) is 0 Å². The molecule has 0 radical (unpaired) electrons. The van der Waals surface area contributed by atoms with E-state index in [2.05, 4.69) is 25.9 Å². The minimum atomic E-state index is -1.01. The van der Waals surface area contributed by atoms with Gasteiger partial charge < -0.3 is 20.0 Å². The van der Waals surface area contributed by atoms with Crippen molar-refractivity contribution in [1.29, 1.82) is 0 Å². The predicted molar refractivity (Wildman–Crippen MR) is 119 cm³/mol. The molecule has 0 aromatic heterocycles. The summed E-state index contributed by atoms with van der Waals surface area (Å²) in [6.07, 6.45) is 2.46. The Labute approximate surface area is 181 Å². The summed E-state index contributed by atoms with van der Waals surface area (Å²) in [6, 6.07) is 11.7. The molecule has 1 heterocycles. The summed E-state index contributed by atoms with van der Waals surface area (Å²) >= 11 is 0. The van der Waals surface area contributed by atoms with Crippen molar-refractivity contribution in [3.63, 3.8) is 0 Å². The Kier molecular flexibility index (Phi) is 6.63. The molecule has 0 spiro atoms. The number of carbonyl (C=O) groups excluding carboxylic acids is 1. The monoisotopic (exact) mass is 424 g/mol. The zero-order valence-electron chi connectivity index (χ0n) is 18.1. The van der Waals surface area contributed by atoms with Crippen LogP contribution in [0, 0.1) is 0 Å². The van der Waals surface area contributed by atoms with Gasteiger partial charge in [-0.05, 0) is 60.2 Å². The maximum Gasteiger partial charge on any atom is 0.335 e. The lowest BCUT2D eigenvalue weighted by molar-refractivity contribution is -0.119. The lowest BCUT2D eigenvalue weighted by atomic mass is 9.83. The first-order valence-electron chi connectivity index (χ1n) is 10.3. The largest absolute Gasteiger partial charge is 0.487 e. The number of ether oxygens (including phenoxy) is 1. The Morgan fingerprint density at radius 3 is 2.35 bits per heavy atom. The number of carbonyl (C=O) groups is 2. The summed E-state index contributed by atoms with van der Waals surface area (Å²) in [5.74, 6) is -0.405. The Morgan fingerprint density at radius 1 is 1.10 bits per heavy atom. The zero-order chi connectivity index (χ0) is 22.6. The van der Waals surface area contributed by atoms with Gasteiger partial charge in [-0.15, -0.1) is 0 Å². The quantitative estimate of drug-likeness (QED) is 0.405. The van der Waals surface area contributed by atoms with E-state index in [4.69, 9.17) is 9.84 Å². The fraction of sp³-hybridized carbons (Fsp3) is 0.375.